The smallest absolute Gasteiger partial charge is 0.231 e. The molecule has 1 aliphatic carbocycles. The minimum absolute atomic E-state index is 0.0607. The third-order valence-electron chi connectivity index (χ3n) is 15.0. The molecule has 6 heteroatoms. The van der Waals surface area contributed by atoms with E-state index in [1.165, 1.54) is 93.6 Å². The van der Waals surface area contributed by atoms with Gasteiger partial charge in [-0.05, 0) is 140 Å². The summed E-state index contributed by atoms with van der Waals surface area (Å²) in [6.07, 6.45) is 0.949. The summed E-state index contributed by atoms with van der Waals surface area (Å²) in [6, 6.07) is 80.9. The summed E-state index contributed by atoms with van der Waals surface area (Å²) in [5, 5.41) is 0.527. The molecular weight excluding hydrogens is 877 g/mol. The fourth-order valence-corrected chi connectivity index (χ4v) is 14.7. The van der Waals surface area contributed by atoms with Gasteiger partial charge in [0.2, 0.25) is 5.95 Å². The van der Waals surface area contributed by atoms with E-state index in [0.29, 0.717) is 5.25 Å². The van der Waals surface area contributed by atoms with Crippen molar-refractivity contribution in [2.24, 2.45) is 0 Å². The Morgan fingerprint density at radius 3 is 1.33 bits per heavy atom. The molecule has 0 saturated carbocycles. The zero-order valence-corrected chi connectivity index (χ0v) is 39.0. The number of fused-ring (bicyclic) bond motifs is 13. The molecule has 1 aromatic heterocycles. The van der Waals surface area contributed by atoms with Gasteiger partial charge in [-0.3, -0.25) is 0 Å². The van der Waals surface area contributed by atoms with E-state index in [4.69, 9.17) is 9.97 Å². The van der Waals surface area contributed by atoms with Crippen LogP contribution in [0.4, 0.5) is 23.0 Å². The first-order chi connectivity index (χ1) is 34.2. The number of hydrogen-bond donors (Lipinski definition) is 0. The highest BCUT2D eigenvalue weighted by Crippen LogP contribution is 2.66. The monoisotopic (exact) mass is 918 g/mol. The molecule has 4 nitrogen and oxygen atoms in total. The van der Waals surface area contributed by atoms with Crippen LogP contribution in [0, 0.1) is 0 Å². The second-order valence-electron chi connectivity index (χ2n) is 18.8. The van der Waals surface area contributed by atoms with Crippen LogP contribution in [0.15, 0.2) is 228 Å². The first kappa shape index (κ1) is 39.4. The Morgan fingerprint density at radius 1 is 0.362 bits per heavy atom. The molecule has 0 N–H and O–H groups in total. The van der Waals surface area contributed by atoms with Gasteiger partial charge >= 0.3 is 0 Å². The third kappa shape index (κ3) is 6.18. The van der Waals surface area contributed by atoms with Crippen LogP contribution in [0.1, 0.15) is 56.0 Å². The van der Waals surface area contributed by atoms with E-state index in [1.807, 2.05) is 23.5 Å². The lowest BCUT2D eigenvalue weighted by Crippen LogP contribution is -2.22. The SMILES string of the molecule is c1ccc(-c2cc(-c3ccccc3)nc(N3c4ccc(-c5ccc6c(c5)-c5cc(-c7ccc8c(c7)C7Sc9ccccc9C7N8c7ccccc7)ccc5C6)cc4C4Sc5ccccc5C43)n2)cc1. The van der Waals surface area contributed by atoms with Gasteiger partial charge in [0.25, 0.3) is 0 Å². The molecule has 0 spiro atoms. The number of para-hydroxylation sites is 1. The molecule has 9 aromatic carbocycles. The molecule has 69 heavy (non-hydrogen) atoms. The lowest BCUT2D eigenvalue weighted by atomic mass is 9.94. The van der Waals surface area contributed by atoms with Gasteiger partial charge in [-0.2, -0.15) is 0 Å². The number of rotatable bonds is 6. The summed E-state index contributed by atoms with van der Waals surface area (Å²) in [5.41, 5.74) is 23.7. The van der Waals surface area contributed by atoms with Gasteiger partial charge in [0.05, 0.1) is 34.0 Å². The van der Waals surface area contributed by atoms with Crippen LogP contribution >= 0.6 is 23.5 Å². The van der Waals surface area contributed by atoms with Crippen LogP contribution in [0.2, 0.25) is 0 Å². The first-order valence-electron chi connectivity index (χ1n) is 23.9. The van der Waals surface area contributed by atoms with E-state index in [2.05, 4.69) is 228 Å². The zero-order valence-electron chi connectivity index (χ0n) is 37.4. The lowest BCUT2D eigenvalue weighted by Gasteiger charge is -2.27. The molecule has 0 amide bonds. The van der Waals surface area contributed by atoms with Gasteiger partial charge in [0.1, 0.15) is 0 Å². The summed E-state index contributed by atoms with van der Waals surface area (Å²) in [5.74, 6) is 0.725. The Hall–Kier alpha value is -7.64. The normalized spacial score (nSPS) is 18.5. The molecule has 0 saturated heterocycles. The van der Waals surface area contributed by atoms with Crippen molar-refractivity contribution in [2.45, 2.75) is 38.8 Å². The van der Waals surface area contributed by atoms with Crippen LogP contribution in [0.3, 0.4) is 0 Å². The second-order valence-corrected chi connectivity index (χ2v) is 21.1. The summed E-state index contributed by atoms with van der Waals surface area (Å²) in [7, 11) is 0. The van der Waals surface area contributed by atoms with Crippen LogP contribution in [-0.4, -0.2) is 9.97 Å². The number of benzene rings is 9. The molecule has 4 atom stereocenters. The van der Waals surface area contributed by atoms with Crippen molar-refractivity contribution in [3.63, 3.8) is 0 Å². The van der Waals surface area contributed by atoms with E-state index in [-0.39, 0.29) is 17.3 Å². The van der Waals surface area contributed by atoms with Gasteiger partial charge in [-0.25, -0.2) is 9.97 Å². The molecule has 5 heterocycles. The van der Waals surface area contributed by atoms with E-state index in [9.17, 15) is 0 Å². The predicted octanol–water partition coefficient (Wildman–Crippen LogP) is 16.8. The number of anilines is 4. The van der Waals surface area contributed by atoms with Gasteiger partial charge < -0.3 is 9.80 Å². The minimum Gasteiger partial charge on any atom is -0.332 e. The number of aromatic nitrogens is 2. The quantitative estimate of drug-likeness (QED) is 0.165. The number of hydrogen-bond acceptors (Lipinski definition) is 6. The Bertz CT molecular complexity index is 3650. The molecule has 326 valence electrons. The van der Waals surface area contributed by atoms with Crippen LogP contribution in [-0.2, 0) is 6.42 Å². The van der Waals surface area contributed by atoms with Gasteiger partial charge in [0, 0.05) is 38.0 Å². The maximum absolute atomic E-state index is 5.37. The average molecular weight is 919 g/mol. The fraction of sp³-hybridized carbons (Fsp3) is 0.0794. The molecule has 0 radical (unpaired) electrons. The van der Waals surface area contributed by atoms with Crippen molar-refractivity contribution < 1.29 is 0 Å². The Labute approximate surface area is 410 Å². The molecule has 0 bridgehead atoms. The highest BCUT2D eigenvalue weighted by molar-refractivity contribution is 8.00. The fourth-order valence-electron chi connectivity index (χ4n) is 11.8. The Balaban J connectivity index is 0.802. The number of thioether (sulfide) groups is 2. The van der Waals surface area contributed by atoms with E-state index in [0.717, 1.165) is 34.9 Å². The summed E-state index contributed by atoms with van der Waals surface area (Å²) in [4.78, 5) is 18.5. The van der Waals surface area contributed by atoms with E-state index >= 15 is 0 Å². The summed E-state index contributed by atoms with van der Waals surface area (Å²) in [6.45, 7) is 0. The van der Waals surface area contributed by atoms with Crippen LogP contribution < -0.4 is 9.80 Å². The third-order valence-corrected chi connectivity index (χ3v) is 17.7. The maximum Gasteiger partial charge on any atom is 0.231 e. The standard InChI is InChI=1S/C63H42N4S2/c1-4-14-38(15-5-1)53-37-54(39-16-6-2-7-17-39)65-63(64-53)67-56-31-29-43(36-52(56)62-60(67)48-21-11-13-23-58(48)69-62)41-25-27-45-32-44-26-24-40(33-49(44)50(45)34-41)42-28-30-55-51(35-42)61-59(47-20-10-12-22-57(47)68-61)66(55)46-18-8-3-9-19-46/h1-31,33-37,59-62H,32H2. The molecule has 10 aromatic rings. The summed E-state index contributed by atoms with van der Waals surface area (Å²) < 4.78 is 0. The highest BCUT2D eigenvalue weighted by Gasteiger charge is 2.48. The molecule has 4 aliphatic heterocycles. The highest BCUT2D eigenvalue weighted by atomic mass is 32.2. The van der Waals surface area contributed by atoms with Crippen molar-refractivity contribution in [3.8, 4) is 55.9 Å². The molecule has 0 fully saturated rings. The van der Waals surface area contributed by atoms with Gasteiger partial charge in [0.15, 0.2) is 0 Å². The molecule has 5 aliphatic rings. The molecular formula is C63H42N4S2. The molecule has 4 unspecified atom stereocenters. The van der Waals surface area contributed by atoms with E-state index < -0.39 is 0 Å². The largest absolute Gasteiger partial charge is 0.332 e. The van der Waals surface area contributed by atoms with Crippen molar-refractivity contribution in [3.05, 3.63) is 252 Å². The van der Waals surface area contributed by atoms with E-state index in [1.54, 1.807) is 0 Å². The topological polar surface area (TPSA) is 32.3 Å². The minimum atomic E-state index is 0.0607. The summed E-state index contributed by atoms with van der Waals surface area (Å²) >= 11 is 3.99. The maximum atomic E-state index is 5.37. The Morgan fingerprint density at radius 2 is 0.797 bits per heavy atom. The first-order valence-corrected chi connectivity index (χ1v) is 25.6. The van der Waals surface area contributed by atoms with Crippen molar-refractivity contribution in [1.82, 2.24) is 9.97 Å². The zero-order chi connectivity index (χ0) is 45.2. The lowest BCUT2D eigenvalue weighted by molar-refractivity contribution is 0.720. The second kappa shape index (κ2) is 15.4. The van der Waals surface area contributed by atoms with Crippen molar-refractivity contribution in [2.75, 3.05) is 9.80 Å². The van der Waals surface area contributed by atoms with Gasteiger partial charge in [-0.1, -0.05) is 152 Å². The average Bonchev–Trinajstić information content (AvgIpc) is 4.23. The van der Waals surface area contributed by atoms with Crippen molar-refractivity contribution in [1.29, 1.82) is 0 Å². The Kier molecular flexibility index (Phi) is 8.81. The van der Waals surface area contributed by atoms with Gasteiger partial charge in [-0.15, -0.1) is 23.5 Å². The molecule has 15 rings (SSSR count). The van der Waals surface area contributed by atoms with Crippen molar-refractivity contribution >= 4 is 46.5 Å². The number of nitrogens with zero attached hydrogens (tertiary/aromatic N) is 4. The van der Waals surface area contributed by atoms with Crippen LogP contribution in [0.5, 0.6) is 0 Å². The predicted molar refractivity (Wildman–Crippen MR) is 285 cm³/mol. The van der Waals surface area contributed by atoms with Crippen LogP contribution in [0.25, 0.3) is 55.9 Å².